The van der Waals surface area contributed by atoms with Crippen LogP contribution < -0.4 is 4.72 Å². The van der Waals surface area contributed by atoms with Crippen molar-refractivity contribution < 1.29 is 35.9 Å². The molecular formula is C21H24N2O8S2. The van der Waals surface area contributed by atoms with Crippen molar-refractivity contribution in [2.24, 2.45) is 0 Å². The van der Waals surface area contributed by atoms with Crippen LogP contribution in [-0.4, -0.2) is 66.4 Å². The lowest BCUT2D eigenvalue weighted by molar-refractivity contribution is 0.0591. The molecule has 1 aliphatic rings. The Kier molecular flexibility index (Phi) is 7.52. The minimum atomic E-state index is -4.00. The number of hydrogen-bond acceptors (Lipinski definition) is 8. The van der Waals surface area contributed by atoms with E-state index in [2.05, 4.69) is 14.2 Å². The van der Waals surface area contributed by atoms with Crippen molar-refractivity contribution in [1.82, 2.24) is 9.03 Å². The molecule has 2 aromatic rings. The summed E-state index contributed by atoms with van der Waals surface area (Å²) in [5.41, 5.74) is 0.175. The molecule has 1 aliphatic carbocycles. The van der Waals surface area contributed by atoms with Crippen molar-refractivity contribution in [1.29, 1.82) is 0 Å². The summed E-state index contributed by atoms with van der Waals surface area (Å²) in [4.78, 5) is 23.2. The molecule has 0 aromatic heterocycles. The molecule has 33 heavy (non-hydrogen) atoms. The van der Waals surface area contributed by atoms with Gasteiger partial charge in [0.25, 0.3) is 0 Å². The minimum absolute atomic E-state index is 0.0769. The van der Waals surface area contributed by atoms with Gasteiger partial charge in [0.05, 0.1) is 35.1 Å². The first kappa shape index (κ1) is 24.8. The lowest BCUT2D eigenvalue weighted by Gasteiger charge is -2.22. The van der Waals surface area contributed by atoms with E-state index in [1.807, 2.05) is 0 Å². The Labute approximate surface area is 192 Å². The highest BCUT2D eigenvalue weighted by Gasteiger charge is 2.38. The average molecular weight is 497 g/mol. The number of nitrogens with one attached hydrogen (secondary N) is 1. The molecule has 10 nitrogen and oxygen atoms in total. The monoisotopic (exact) mass is 496 g/mol. The maximum atomic E-state index is 13.2. The standard InChI is InChI=1S/C21H24N2O8S2/c1-30-20(24)15-5-3-7-18(13-15)32(26,27)22-11-12-23(17-9-10-17)33(28,29)19-8-4-6-16(14-19)21(25)31-2/h3-8,13-14,17,22H,9-12H2,1-2H3. The van der Waals surface area contributed by atoms with Gasteiger partial charge in [-0.15, -0.1) is 0 Å². The van der Waals surface area contributed by atoms with Crippen LogP contribution in [0.1, 0.15) is 33.6 Å². The molecule has 1 N–H and O–H groups in total. The smallest absolute Gasteiger partial charge is 0.337 e. The van der Waals surface area contributed by atoms with E-state index in [-0.39, 0.29) is 40.0 Å². The second-order valence-corrected chi connectivity index (χ2v) is 10.9. The van der Waals surface area contributed by atoms with E-state index in [1.165, 1.54) is 67.1 Å². The second kappa shape index (κ2) is 10.00. The molecule has 0 radical (unpaired) electrons. The van der Waals surface area contributed by atoms with E-state index >= 15 is 0 Å². The summed E-state index contributed by atoms with van der Waals surface area (Å²) in [6.45, 7) is -0.289. The molecule has 12 heteroatoms. The maximum absolute atomic E-state index is 13.2. The van der Waals surface area contributed by atoms with E-state index in [9.17, 15) is 26.4 Å². The van der Waals surface area contributed by atoms with Gasteiger partial charge in [-0.3, -0.25) is 0 Å². The third-order valence-electron chi connectivity index (χ3n) is 5.01. The highest BCUT2D eigenvalue weighted by atomic mass is 32.2. The number of benzene rings is 2. The highest BCUT2D eigenvalue weighted by Crippen LogP contribution is 2.32. The van der Waals surface area contributed by atoms with Crippen LogP contribution in [0.4, 0.5) is 0 Å². The molecule has 0 heterocycles. The van der Waals surface area contributed by atoms with Gasteiger partial charge in [-0.05, 0) is 49.2 Å². The fourth-order valence-electron chi connectivity index (χ4n) is 3.18. The Morgan fingerprint density at radius 1 is 0.909 bits per heavy atom. The van der Waals surface area contributed by atoms with E-state index < -0.39 is 32.0 Å². The Hall–Kier alpha value is -2.80. The molecule has 0 aliphatic heterocycles. The van der Waals surface area contributed by atoms with Crippen LogP contribution in [-0.2, 0) is 29.5 Å². The Morgan fingerprint density at radius 2 is 1.42 bits per heavy atom. The molecule has 0 atom stereocenters. The normalized spacial score (nSPS) is 14.2. The van der Waals surface area contributed by atoms with Crippen LogP contribution in [0.2, 0.25) is 0 Å². The summed E-state index contributed by atoms with van der Waals surface area (Å²) in [7, 11) is -5.58. The van der Waals surface area contributed by atoms with Crippen molar-refractivity contribution in [2.45, 2.75) is 28.7 Å². The number of rotatable bonds is 10. The molecule has 0 bridgehead atoms. The van der Waals surface area contributed by atoms with Gasteiger partial charge in [0.1, 0.15) is 0 Å². The largest absolute Gasteiger partial charge is 0.465 e. The number of ether oxygens (including phenoxy) is 2. The van der Waals surface area contributed by atoms with Crippen LogP contribution in [0.3, 0.4) is 0 Å². The zero-order valence-electron chi connectivity index (χ0n) is 18.1. The predicted molar refractivity (Wildman–Crippen MR) is 118 cm³/mol. The van der Waals surface area contributed by atoms with E-state index in [1.54, 1.807) is 0 Å². The van der Waals surface area contributed by atoms with Gasteiger partial charge in [-0.1, -0.05) is 12.1 Å². The third-order valence-corrected chi connectivity index (χ3v) is 8.41. The first-order valence-electron chi connectivity index (χ1n) is 9.98. The van der Waals surface area contributed by atoms with Crippen molar-refractivity contribution in [3.8, 4) is 0 Å². The average Bonchev–Trinajstić information content (AvgIpc) is 3.65. The number of esters is 2. The quantitative estimate of drug-likeness (QED) is 0.488. The van der Waals surface area contributed by atoms with Crippen molar-refractivity contribution in [2.75, 3.05) is 27.3 Å². The van der Waals surface area contributed by atoms with Gasteiger partial charge >= 0.3 is 11.9 Å². The predicted octanol–water partition coefficient (Wildman–Crippen LogP) is 1.39. The Morgan fingerprint density at radius 3 is 1.94 bits per heavy atom. The lowest BCUT2D eigenvalue weighted by Crippen LogP contribution is -2.40. The SMILES string of the molecule is COC(=O)c1cccc(S(=O)(=O)NCCN(C2CC2)S(=O)(=O)c2cccc(C(=O)OC)c2)c1. The topological polar surface area (TPSA) is 136 Å². The van der Waals surface area contributed by atoms with Crippen LogP contribution in [0, 0.1) is 0 Å². The first-order chi connectivity index (χ1) is 15.6. The lowest BCUT2D eigenvalue weighted by atomic mass is 10.2. The molecule has 0 spiro atoms. The summed E-state index contributed by atoms with van der Waals surface area (Å²) < 4.78 is 64.6. The number of carbonyl (C=O) groups is 2. The van der Waals surface area contributed by atoms with Crippen LogP contribution >= 0.6 is 0 Å². The molecule has 178 valence electrons. The number of nitrogens with zero attached hydrogens (tertiary/aromatic N) is 1. The molecular weight excluding hydrogens is 472 g/mol. The molecule has 0 saturated heterocycles. The summed E-state index contributed by atoms with van der Waals surface area (Å²) in [6.07, 6.45) is 1.31. The number of methoxy groups -OCH3 is 2. The van der Waals surface area contributed by atoms with Crippen LogP contribution in [0.25, 0.3) is 0 Å². The van der Waals surface area contributed by atoms with E-state index in [0.717, 1.165) is 0 Å². The van der Waals surface area contributed by atoms with Crippen molar-refractivity contribution in [3.63, 3.8) is 0 Å². The molecule has 2 aromatic carbocycles. The van der Waals surface area contributed by atoms with E-state index in [4.69, 9.17) is 0 Å². The van der Waals surface area contributed by atoms with E-state index in [0.29, 0.717) is 12.8 Å². The molecule has 0 amide bonds. The van der Waals surface area contributed by atoms with Gasteiger partial charge in [0, 0.05) is 19.1 Å². The Balaban J connectivity index is 1.75. The molecule has 3 rings (SSSR count). The number of carbonyl (C=O) groups excluding carboxylic acids is 2. The van der Waals surface area contributed by atoms with Gasteiger partial charge in [-0.2, -0.15) is 4.31 Å². The minimum Gasteiger partial charge on any atom is -0.465 e. The van der Waals surface area contributed by atoms with Gasteiger partial charge < -0.3 is 9.47 Å². The fourth-order valence-corrected chi connectivity index (χ4v) is 5.98. The summed E-state index contributed by atoms with van der Waals surface area (Å²) in [5.74, 6) is -1.33. The second-order valence-electron chi connectivity index (χ2n) is 7.28. The van der Waals surface area contributed by atoms with Gasteiger partial charge in [0.15, 0.2) is 0 Å². The maximum Gasteiger partial charge on any atom is 0.337 e. The number of sulfonamides is 2. The van der Waals surface area contributed by atoms with Crippen LogP contribution in [0.5, 0.6) is 0 Å². The fraction of sp³-hybridized carbons (Fsp3) is 0.333. The molecule has 1 fully saturated rings. The van der Waals surface area contributed by atoms with Gasteiger partial charge in [0.2, 0.25) is 20.0 Å². The summed E-state index contributed by atoms with van der Waals surface area (Å²) >= 11 is 0. The first-order valence-corrected chi connectivity index (χ1v) is 12.9. The van der Waals surface area contributed by atoms with Crippen LogP contribution in [0.15, 0.2) is 58.3 Å². The number of hydrogen-bond donors (Lipinski definition) is 1. The summed E-state index contributed by atoms with van der Waals surface area (Å²) in [6, 6.07) is 10.6. The zero-order chi connectivity index (χ0) is 24.2. The molecule has 0 unspecified atom stereocenters. The third kappa shape index (κ3) is 5.77. The van der Waals surface area contributed by atoms with Gasteiger partial charge in [-0.25, -0.2) is 31.1 Å². The molecule has 1 saturated carbocycles. The van der Waals surface area contributed by atoms with Crippen molar-refractivity contribution >= 4 is 32.0 Å². The summed E-state index contributed by atoms with van der Waals surface area (Å²) in [5, 5.41) is 0. The zero-order valence-corrected chi connectivity index (χ0v) is 19.7. The van der Waals surface area contributed by atoms with Crippen molar-refractivity contribution in [3.05, 3.63) is 59.7 Å². The Bertz CT molecular complexity index is 1250. The highest BCUT2D eigenvalue weighted by molar-refractivity contribution is 7.89.